The summed E-state index contributed by atoms with van der Waals surface area (Å²) in [5.41, 5.74) is 7.08. The Kier molecular flexibility index (Phi) is 3.09. The Hall–Kier alpha value is -0.340. The highest BCUT2D eigenvalue weighted by molar-refractivity contribution is 7.10. The standard InChI is InChI=1S/C9H15NS/c1-7-5-6-11-9(7)4-3-8(2)10/h5-6,8H,3-4,10H2,1-2H3/t8-/m1/s1. The SMILES string of the molecule is Cc1ccsc1CC[C@@H](C)N. The third-order valence-corrected chi connectivity index (χ3v) is 2.88. The zero-order chi connectivity index (χ0) is 8.27. The average molecular weight is 169 g/mol. The maximum Gasteiger partial charge on any atom is 0.00749 e. The van der Waals surface area contributed by atoms with Gasteiger partial charge >= 0.3 is 0 Å². The normalized spacial score (nSPS) is 13.4. The molecular formula is C9H15NS. The third-order valence-electron chi connectivity index (χ3n) is 1.79. The lowest BCUT2D eigenvalue weighted by Crippen LogP contribution is -2.15. The van der Waals surface area contributed by atoms with Crippen LogP contribution in [0.1, 0.15) is 23.8 Å². The Labute approximate surface area is 72.2 Å². The first-order chi connectivity index (χ1) is 5.20. The van der Waals surface area contributed by atoms with Crippen molar-refractivity contribution in [1.29, 1.82) is 0 Å². The van der Waals surface area contributed by atoms with Gasteiger partial charge in [0.25, 0.3) is 0 Å². The molecule has 0 bridgehead atoms. The van der Waals surface area contributed by atoms with Crippen LogP contribution in [0.4, 0.5) is 0 Å². The van der Waals surface area contributed by atoms with Gasteiger partial charge in [0.15, 0.2) is 0 Å². The zero-order valence-corrected chi connectivity index (χ0v) is 7.95. The second kappa shape index (κ2) is 3.88. The van der Waals surface area contributed by atoms with E-state index in [1.165, 1.54) is 10.4 Å². The molecule has 2 heteroatoms. The second-order valence-corrected chi connectivity index (χ2v) is 4.04. The number of hydrogen-bond donors (Lipinski definition) is 1. The van der Waals surface area contributed by atoms with Gasteiger partial charge in [-0.05, 0) is 43.7 Å². The van der Waals surface area contributed by atoms with E-state index in [-0.39, 0.29) is 0 Å². The lowest BCUT2D eigenvalue weighted by molar-refractivity contribution is 0.669. The molecule has 0 aromatic carbocycles. The van der Waals surface area contributed by atoms with Crippen molar-refractivity contribution in [3.63, 3.8) is 0 Å². The van der Waals surface area contributed by atoms with Crippen LogP contribution in [0.25, 0.3) is 0 Å². The Bertz CT molecular complexity index is 215. The van der Waals surface area contributed by atoms with Gasteiger partial charge in [-0.3, -0.25) is 0 Å². The highest BCUT2D eigenvalue weighted by atomic mass is 32.1. The number of nitrogens with two attached hydrogens (primary N) is 1. The molecule has 0 radical (unpaired) electrons. The van der Waals surface area contributed by atoms with Crippen LogP contribution in [-0.4, -0.2) is 6.04 Å². The fourth-order valence-corrected chi connectivity index (χ4v) is 1.95. The minimum absolute atomic E-state index is 0.330. The van der Waals surface area contributed by atoms with E-state index in [1.807, 2.05) is 11.3 Å². The molecule has 62 valence electrons. The van der Waals surface area contributed by atoms with Crippen molar-refractivity contribution >= 4 is 11.3 Å². The predicted octanol–water partition coefficient (Wildman–Crippen LogP) is 2.34. The molecule has 2 N–H and O–H groups in total. The highest BCUT2D eigenvalue weighted by Gasteiger charge is 2.00. The molecule has 1 rings (SSSR count). The van der Waals surface area contributed by atoms with Gasteiger partial charge in [0, 0.05) is 10.9 Å². The van der Waals surface area contributed by atoms with Crippen molar-refractivity contribution < 1.29 is 0 Å². The number of rotatable bonds is 3. The van der Waals surface area contributed by atoms with Crippen LogP contribution in [0, 0.1) is 6.92 Å². The topological polar surface area (TPSA) is 26.0 Å². The van der Waals surface area contributed by atoms with Gasteiger partial charge in [0.1, 0.15) is 0 Å². The van der Waals surface area contributed by atoms with Crippen LogP contribution < -0.4 is 5.73 Å². The van der Waals surface area contributed by atoms with E-state index in [9.17, 15) is 0 Å². The summed E-state index contributed by atoms with van der Waals surface area (Å²) in [4.78, 5) is 1.49. The number of thiophene rings is 1. The van der Waals surface area contributed by atoms with E-state index in [0.717, 1.165) is 12.8 Å². The van der Waals surface area contributed by atoms with Gasteiger partial charge in [-0.25, -0.2) is 0 Å². The maximum absolute atomic E-state index is 5.66. The van der Waals surface area contributed by atoms with Crippen molar-refractivity contribution in [1.82, 2.24) is 0 Å². The summed E-state index contributed by atoms with van der Waals surface area (Å²) in [5.74, 6) is 0. The van der Waals surface area contributed by atoms with Gasteiger partial charge in [-0.15, -0.1) is 11.3 Å². The fourth-order valence-electron chi connectivity index (χ4n) is 1.02. The fraction of sp³-hybridized carbons (Fsp3) is 0.556. The molecule has 0 spiro atoms. The lowest BCUT2D eigenvalue weighted by atomic mass is 10.1. The monoisotopic (exact) mass is 169 g/mol. The molecular weight excluding hydrogens is 154 g/mol. The van der Waals surface area contributed by atoms with Gasteiger partial charge in [0.05, 0.1) is 0 Å². The third kappa shape index (κ3) is 2.64. The van der Waals surface area contributed by atoms with Crippen molar-refractivity contribution in [2.45, 2.75) is 32.7 Å². The van der Waals surface area contributed by atoms with Crippen LogP contribution >= 0.6 is 11.3 Å². The van der Waals surface area contributed by atoms with Crippen LogP contribution in [0.2, 0.25) is 0 Å². The summed E-state index contributed by atoms with van der Waals surface area (Å²) in [6.07, 6.45) is 2.24. The van der Waals surface area contributed by atoms with Crippen LogP contribution in [0.3, 0.4) is 0 Å². The first-order valence-corrected chi connectivity index (χ1v) is 4.86. The van der Waals surface area contributed by atoms with Crippen molar-refractivity contribution in [3.8, 4) is 0 Å². The van der Waals surface area contributed by atoms with Gasteiger partial charge in [-0.2, -0.15) is 0 Å². The van der Waals surface area contributed by atoms with E-state index in [1.54, 1.807) is 0 Å². The van der Waals surface area contributed by atoms with Gasteiger partial charge < -0.3 is 5.73 Å². The van der Waals surface area contributed by atoms with Crippen molar-refractivity contribution in [2.75, 3.05) is 0 Å². The van der Waals surface area contributed by atoms with Crippen LogP contribution in [-0.2, 0) is 6.42 Å². The van der Waals surface area contributed by atoms with Crippen molar-refractivity contribution in [3.05, 3.63) is 21.9 Å². The van der Waals surface area contributed by atoms with Gasteiger partial charge in [-0.1, -0.05) is 0 Å². The molecule has 1 aromatic heterocycles. The summed E-state index contributed by atoms with van der Waals surface area (Å²) in [6, 6.07) is 2.50. The minimum atomic E-state index is 0.330. The van der Waals surface area contributed by atoms with Crippen molar-refractivity contribution in [2.24, 2.45) is 5.73 Å². The molecule has 1 atom stereocenters. The van der Waals surface area contributed by atoms with E-state index in [0.29, 0.717) is 6.04 Å². The Morgan fingerprint density at radius 2 is 2.36 bits per heavy atom. The Morgan fingerprint density at radius 3 is 2.82 bits per heavy atom. The van der Waals surface area contributed by atoms with Gasteiger partial charge in [0.2, 0.25) is 0 Å². The summed E-state index contributed by atoms with van der Waals surface area (Å²) < 4.78 is 0. The summed E-state index contributed by atoms with van der Waals surface area (Å²) in [5, 5.41) is 2.14. The van der Waals surface area contributed by atoms with E-state index in [4.69, 9.17) is 5.73 Å². The molecule has 0 aliphatic rings. The molecule has 0 unspecified atom stereocenters. The zero-order valence-electron chi connectivity index (χ0n) is 7.13. The summed E-state index contributed by atoms with van der Waals surface area (Å²) in [6.45, 7) is 4.22. The molecule has 1 aromatic rings. The molecule has 0 amide bonds. The second-order valence-electron chi connectivity index (χ2n) is 3.04. The Balaban J connectivity index is 2.44. The van der Waals surface area contributed by atoms with E-state index >= 15 is 0 Å². The number of aryl methyl sites for hydroxylation is 2. The average Bonchev–Trinajstić information content (AvgIpc) is 2.31. The number of hydrogen-bond acceptors (Lipinski definition) is 2. The smallest absolute Gasteiger partial charge is 0.00749 e. The molecule has 0 saturated carbocycles. The highest BCUT2D eigenvalue weighted by Crippen LogP contribution is 2.17. The largest absolute Gasteiger partial charge is 0.328 e. The minimum Gasteiger partial charge on any atom is -0.328 e. The quantitative estimate of drug-likeness (QED) is 0.738. The molecule has 0 aliphatic heterocycles. The predicted molar refractivity (Wildman–Crippen MR) is 51.0 cm³/mol. The van der Waals surface area contributed by atoms with Crippen LogP contribution in [0.5, 0.6) is 0 Å². The molecule has 0 fully saturated rings. The molecule has 1 heterocycles. The van der Waals surface area contributed by atoms with E-state index in [2.05, 4.69) is 25.3 Å². The Morgan fingerprint density at radius 1 is 1.64 bits per heavy atom. The maximum atomic E-state index is 5.66. The molecule has 0 saturated heterocycles. The lowest BCUT2D eigenvalue weighted by Gasteiger charge is -2.02. The summed E-state index contributed by atoms with van der Waals surface area (Å²) in [7, 11) is 0. The first kappa shape index (κ1) is 8.75. The van der Waals surface area contributed by atoms with E-state index < -0.39 is 0 Å². The van der Waals surface area contributed by atoms with Crippen LogP contribution in [0.15, 0.2) is 11.4 Å². The molecule has 0 aliphatic carbocycles. The molecule has 1 nitrogen and oxygen atoms in total. The first-order valence-electron chi connectivity index (χ1n) is 3.98. The summed E-state index contributed by atoms with van der Waals surface area (Å²) >= 11 is 1.84. The molecule has 11 heavy (non-hydrogen) atoms.